The number of nitrogen functional groups attached to an aromatic ring is 1. The van der Waals surface area contributed by atoms with Gasteiger partial charge in [-0.25, -0.2) is 0 Å². The van der Waals surface area contributed by atoms with E-state index in [0.29, 0.717) is 5.82 Å². The van der Waals surface area contributed by atoms with Crippen molar-refractivity contribution in [1.29, 1.82) is 0 Å². The first kappa shape index (κ1) is 11.6. The van der Waals surface area contributed by atoms with Crippen LogP contribution in [0.3, 0.4) is 0 Å². The van der Waals surface area contributed by atoms with Crippen LogP contribution in [0.5, 0.6) is 0 Å². The Morgan fingerprint density at radius 3 is 2.71 bits per heavy atom. The highest BCUT2D eigenvalue weighted by Crippen LogP contribution is 2.35. The Labute approximate surface area is 101 Å². The summed E-state index contributed by atoms with van der Waals surface area (Å²) in [5.41, 5.74) is 8.80. The standard InChI is InChI=1S/C13H18N4/c1-4-13(2,3)11-10(12(14)17-16-11)9-7-5-6-8-15-9/h5-8H,4H2,1-3H3,(H3,14,16,17). The molecule has 0 aliphatic rings. The summed E-state index contributed by atoms with van der Waals surface area (Å²) in [6.45, 7) is 6.50. The minimum atomic E-state index is 0.0114. The van der Waals surface area contributed by atoms with E-state index in [0.717, 1.165) is 23.4 Å². The van der Waals surface area contributed by atoms with Gasteiger partial charge in [0.05, 0.1) is 17.0 Å². The molecule has 17 heavy (non-hydrogen) atoms. The van der Waals surface area contributed by atoms with Crippen LogP contribution in [0.4, 0.5) is 5.82 Å². The monoisotopic (exact) mass is 230 g/mol. The molecule has 2 heterocycles. The second-order valence-corrected chi connectivity index (χ2v) is 4.81. The average Bonchev–Trinajstić information content (AvgIpc) is 2.73. The molecule has 4 nitrogen and oxygen atoms in total. The van der Waals surface area contributed by atoms with Gasteiger partial charge in [0.2, 0.25) is 0 Å². The molecule has 0 fully saturated rings. The normalized spacial score (nSPS) is 11.7. The van der Waals surface area contributed by atoms with Crippen molar-refractivity contribution < 1.29 is 0 Å². The molecule has 2 aromatic heterocycles. The molecule has 0 aliphatic carbocycles. The minimum absolute atomic E-state index is 0.0114. The van der Waals surface area contributed by atoms with Crippen molar-refractivity contribution in [1.82, 2.24) is 15.2 Å². The van der Waals surface area contributed by atoms with Gasteiger partial charge in [-0.15, -0.1) is 0 Å². The summed E-state index contributed by atoms with van der Waals surface area (Å²) < 4.78 is 0. The van der Waals surface area contributed by atoms with Gasteiger partial charge in [-0.1, -0.05) is 26.8 Å². The molecule has 0 saturated carbocycles. The highest BCUT2D eigenvalue weighted by molar-refractivity contribution is 5.74. The van der Waals surface area contributed by atoms with Crippen LogP contribution < -0.4 is 5.73 Å². The number of nitrogens with zero attached hydrogens (tertiary/aromatic N) is 2. The number of aromatic nitrogens is 3. The van der Waals surface area contributed by atoms with E-state index in [1.54, 1.807) is 6.20 Å². The van der Waals surface area contributed by atoms with Gasteiger partial charge in [-0.05, 0) is 18.6 Å². The van der Waals surface area contributed by atoms with E-state index in [2.05, 4.69) is 36.0 Å². The van der Waals surface area contributed by atoms with Crippen molar-refractivity contribution in [2.45, 2.75) is 32.6 Å². The zero-order valence-electron chi connectivity index (χ0n) is 10.5. The number of hydrogen-bond acceptors (Lipinski definition) is 3. The summed E-state index contributed by atoms with van der Waals surface area (Å²) >= 11 is 0. The lowest BCUT2D eigenvalue weighted by atomic mass is 9.83. The zero-order chi connectivity index (χ0) is 12.5. The number of anilines is 1. The van der Waals surface area contributed by atoms with Crippen LogP contribution in [0.25, 0.3) is 11.3 Å². The first-order valence-electron chi connectivity index (χ1n) is 5.82. The van der Waals surface area contributed by atoms with Gasteiger partial charge >= 0.3 is 0 Å². The molecule has 2 rings (SSSR count). The second kappa shape index (κ2) is 4.20. The van der Waals surface area contributed by atoms with Crippen LogP contribution in [0.1, 0.15) is 32.9 Å². The summed E-state index contributed by atoms with van der Waals surface area (Å²) in [5.74, 6) is 0.514. The Hall–Kier alpha value is -1.84. The molecule has 0 aliphatic heterocycles. The van der Waals surface area contributed by atoms with Crippen LogP contribution in [0.2, 0.25) is 0 Å². The molecule has 2 aromatic rings. The van der Waals surface area contributed by atoms with Crippen molar-refractivity contribution in [3.8, 4) is 11.3 Å². The topological polar surface area (TPSA) is 67.6 Å². The van der Waals surface area contributed by atoms with Crippen LogP contribution in [-0.4, -0.2) is 15.2 Å². The van der Waals surface area contributed by atoms with Crippen LogP contribution in [0, 0.1) is 0 Å². The predicted molar refractivity (Wildman–Crippen MR) is 69.5 cm³/mol. The van der Waals surface area contributed by atoms with E-state index >= 15 is 0 Å². The quantitative estimate of drug-likeness (QED) is 0.852. The largest absolute Gasteiger partial charge is 0.382 e. The number of aromatic amines is 1. The van der Waals surface area contributed by atoms with Gasteiger partial charge in [0.25, 0.3) is 0 Å². The number of pyridine rings is 1. The summed E-state index contributed by atoms with van der Waals surface area (Å²) in [7, 11) is 0. The maximum atomic E-state index is 5.94. The van der Waals surface area contributed by atoms with Crippen LogP contribution in [-0.2, 0) is 5.41 Å². The first-order valence-corrected chi connectivity index (χ1v) is 5.82. The van der Waals surface area contributed by atoms with Crippen molar-refractivity contribution in [3.05, 3.63) is 30.1 Å². The fourth-order valence-electron chi connectivity index (χ4n) is 1.79. The van der Waals surface area contributed by atoms with E-state index < -0.39 is 0 Å². The molecular formula is C13H18N4. The Balaban J connectivity index is 2.59. The summed E-state index contributed by atoms with van der Waals surface area (Å²) in [6, 6.07) is 5.80. The SMILES string of the molecule is CCC(C)(C)c1[nH]nc(N)c1-c1ccccn1. The van der Waals surface area contributed by atoms with Crippen molar-refractivity contribution in [2.24, 2.45) is 0 Å². The van der Waals surface area contributed by atoms with Gasteiger partial charge in [0, 0.05) is 11.6 Å². The third-order valence-electron chi connectivity index (χ3n) is 3.28. The lowest BCUT2D eigenvalue weighted by molar-refractivity contribution is 0.490. The number of hydrogen-bond donors (Lipinski definition) is 2. The van der Waals surface area contributed by atoms with Gasteiger partial charge in [-0.2, -0.15) is 5.10 Å². The highest BCUT2D eigenvalue weighted by Gasteiger charge is 2.26. The fraction of sp³-hybridized carbons (Fsp3) is 0.385. The molecule has 0 amide bonds. The highest BCUT2D eigenvalue weighted by atomic mass is 15.2. The summed E-state index contributed by atoms with van der Waals surface area (Å²) in [6.07, 6.45) is 2.78. The molecule has 3 N–H and O–H groups in total. The molecule has 0 atom stereocenters. The minimum Gasteiger partial charge on any atom is -0.382 e. The zero-order valence-corrected chi connectivity index (χ0v) is 10.5. The number of nitrogens with one attached hydrogen (secondary N) is 1. The Bertz CT molecular complexity index is 499. The lowest BCUT2D eigenvalue weighted by Crippen LogP contribution is -2.17. The molecule has 0 aromatic carbocycles. The molecule has 90 valence electrons. The third-order valence-corrected chi connectivity index (χ3v) is 3.28. The molecule has 0 saturated heterocycles. The third kappa shape index (κ3) is 2.02. The van der Waals surface area contributed by atoms with Crippen molar-refractivity contribution >= 4 is 5.82 Å². The lowest BCUT2D eigenvalue weighted by Gasteiger charge is -2.22. The van der Waals surface area contributed by atoms with Gasteiger partial charge in [-0.3, -0.25) is 10.1 Å². The fourth-order valence-corrected chi connectivity index (χ4v) is 1.79. The molecule has 0 unspecified atom stereocenters. The van der Waals surface area contributed by atoms with E-state index in [4.69, 9.17) is 5.73 Å². The molecule has 0 spiro atoms. The number of nitrogens with two attached hydrogens (primary N) is 1. The molecule has 0 bridgehead atoms. The van der Waals surface area contributed by atoms with Crippen molar-refractivity contribution in [2.75, 3.05) is 5.73 Å². The van der Waals surface area contributed by atoms with Gasteiger partial charge in [0.1, 0.15) is 0 Å². The van der Waals surface area contributed by atoms with Gasteiger partial charge in [0.15, 0.2) is 5.82 Å². The average molecular weight is 230 g/mol. The molecular weight excluding hydrogens is 212 g/mol. The van der Waals surface area contributed by atoms with Crippen LogP contribution in [0.15, 0.2) is 24.4 Å². The Morgan fingerprint density at radius 1 is 1.35 bits per heavy atom. The number of H-pyrrole nitrogens is 1. The van der Waals surface area contributed by atoms with Gasteiger partial charge < -0.3 is 5.73 Å². The van der Waals surface area contributed by atoms with Crippen molar-refractivity contribution in [3.63, 3.8) is 0 Å². The summed E-state index contributed by atoms with van der Waals surface area (Å²) in [4.78, 5) is 4.35. The number of rotatable bonds is 3. The predicted octanol–water partition coefficient (Wildman–Crippen LogP) is 2.74. The van der Waals surface area contributed by atoms with Crippen LogP contribution >= 0.6 is 0 Å². The second-order valence-electron chi connectivity index (χ2n) is 4.81. The maximum absolute atomic E-state index is 5.94. The smallest absolute Gasteiger partial charge is 0.154 e. The van der Waals surface area contributed by atoms with E-state index in [9.17, 15) is 0 Å². The van der Waals surface area contributed by atoms with E-state index in [-0.39, 0.29) is 5.41 Å². The van der Waals surface area contributed by atoms with E-state index in [1.807, 2.05) is 18.2 Å². The molecule has 0 radical (unpaired) electrons. The Kier molecular flexibility index (Phi) is 2.88. The molecule has 4 heteroatoms. The Morgan fingerprint density at radius 2 is 2.12 bits per heavy atom. The van der Waals surface area contributed by atoms with E-state index in [1.165, 1.54) is 0 Å². The maximum Gasteiger partial charge on any atom is 0.154 e. The summed E-state index contributed by atoms with van der Waals surface area (Å²) in [5, 5.41) is 7.17. The first-order chi connectivity index (χ1) is 8.06.